The molecule has 2 rings (SSSR count). The van der Waals surface area contributed by atoms with Crippen LogP contribution in [0.3, 0.4) is 0 Å². The monoisotopic (exact) mass is 333 g/mol. The van der Waals surface area contributed by atoms with Crippen molar-refractivity contribution in [3.8, 4) is 0 Å². The highest BCUT2D eigenvalue weighted by Crippen LogP contribution is 2.15. The molecule has 1 heterocycles. The Hall–Kier alpha value is -1.88. The van der Waals surface area contributed by atoms with Gasteiger partial charge < -0.3 is 10.6 Å². The van der Waals surface area contributed by atoms with Crippen LogP contribution in [0.5, 0.6) is 0 Å². The average Bonchev–Trinajstić information content (AvgIpc) is 2.46. The third-order valence-electron chi connectivity index (χ3n) is 2.75. The van der Waals surface area contributed by atoms with Crippen LogP contribution in [-0.4, -0.2) is 10.9 Å². The molecule has 4 nitrogen and oxygen atoms in total. The fourth-order valence-corrected chi connectivity index (χ4v) is 2.09. The number of carbonyl (C=O) groups is 1. The van der Waals surface area contributed by atoms with E-state index in [1.807, 2.05) is 43.5 Å². The fraction of sp³-hybridized carbons (Fsp3) is 0.200. The van der Waals surface area contributed by atoms with Crippen LogP contribution < -0.4 is 10.6 Å². The van der Waals surface area contributed by atoms with Crippen LogP contribution in [0.4, 0.5) is 11.4 Å². The number of hydrogen-bond acceptors (Lipinski definition) is 3. The Kier molecular flexibility index (Phi) is 5.12. The van der Waals surface area contributed by atoms with Crippen LogP contribution in [0.15, 0.2) is 47.2 Å². The number of hydrogen-bond donors (Lipinski definition) is 2. The second kappa shape index (κ2) is 7.05. The Morgan fingerprint density at radius 1 is 1.20 bits per heavy atom. The molecule has 1 aromatic carbocycles. The standard InChI is InChI=1S/C15H16BrN3O/c1-2-15(20)19-14-5-3-13(4-6-14)18-9-11-7-12(16)10-17-8-11/h3-8,10,18H,2,9H2,1H3,(H,19,20). The maximum absolute atomic E-state index is 11.3. The maximum Gasteiger partial charge on any atom is 0.224 e. The van der Waals surface area contributed by atoms with E-state index >= 15 is 0 Å². The summed E-state index contributed by atoms with van der Waals surface area (Å²) in [5, 5.41) is 6.13. The normalized spacial score (nSPS) is 10.1. The van der Waals surface area contributed by atoms with Crippen LogP contribution in [0.1, 0.15) is 18.9 Å². The summed E-state index contributed by atoms with van der Waals surface area (Å²) in [5.41, 5.74) is 2.91. The lowest BCUT2D eigenvalue weighted by Gasteiger charge is -2.08. The first-order valence-electron chi connectivity index (χ1n) is 6.40. The van der Waals surface area contributed by atoms with Gasteiger partial charge in [-0.1, -0.05) is 6.92 Å². The lowest BCUT2D eigenvalue weighted by molar-refractivity contribution is -0.115. The highest BCUT2D eigenvalue weighted by atomic mass is 79.9. The second-order valence-corrected chi connectivity index (χ2v) is 5.26. The highest BCUT2D eigenvalue weighted by Gasteiger charge is 1.99. The molecule has 1 aromatic heterocycles. The number of rotatable bonds is 5. The molecule has 0 aliphatic rings. The summed E-state index contributed by atoms with van der Waals surface area (Å²) < 4.78 is 0.967. The van der Waals surface area contributed by atoms with E-state index in [9.17, 15) is 4.79 Å². The van der Waals surface area contributed by atoms with E-state index in [2.05, 4.69) is 31.5 Å². The molecule has 104 valence electrons. The molecule has 0 atom stereocenters. The molecule has 0 spiro atoms. The van der Waals surface area contributed by atoms with E-state index in [1.54, 1.807) is 6.20 Å². The lowest BCUT2D eigenvalue weighted by Crippen LogP contribution is -2.09. The molecule has 0 saturated carbocycles. The van der Waals surface area contributed by atoms with Gasteiger partial charge in [-0.3, -0.25) is 9.78 Å². The zero-order valence-corrected chi connectivity index (χ0v) is 12.8. The molecule has 0 radical (unpaired) electrons. The SMILES string of the molecule is CCC(=O)Nc1ccc(NCc2cncc(Br)c2)cc1. The number of aromatic nitrogens is 1. The van der Waals surface area contributed by atoms with Crippen molar-refractivity contribution in [2.24, 2.45) is 0 Å². The predicted molar refractivity (Wildman–Crippen MR) is 84.6 cm³/mol. The van der Waals surface area contributed by atoms with Crippen molar-refractivity contribution >= 4 is 33.2 Å². The Labute approximate surface area is 126 Å². The van der Waals surface area contributed by atoms with E-state index in [1.165, 1.54) is 0 Å². The molecule has 0 bridgehead atoms. The van der Waals surface area contributed by atoms with Crippen molar-refractivity contribution < 1.29 is 4.79 Å². The summed E-state index contributed by atoms with van der Waals surface area (Å²) in [6.07, 6.45) is 4.07. The second-order valence-electron chi connectivity index (χ2n) is 4.34. The van der Waals surface area contributed by atoms with Crippen molar-refractivity contribution in [3.05, 3.63) is 52.8 Å². The summed E-state index contributed by atoms with van der Waals surface area (Å²) in [6, 6.07) is 9.67. The number of nitrogens with one attached hydrogen (secondary N) is 2. The lowest BCUT2D eigenvalue weighted by atomic mass is 10.2. The molecule has 0 aliphatic heterocycles. The molecule has 0 fully saturated rings. The minimum atomic E-state index is 0.0194. The molecule has 1 amide bonds. The molecular formula is C15H16BrN3O. The molecule has 0 aliphatic carbocycles. The van der Waals surface area contributed by atoms with Crippen molar-refractivity contribution in [2.45, 2.75) is 19.9 Å². The predicted octanol–water partition coefficient (Wildman–Crippen LogP) is 3.80. The number of halogens is 1. The zero-order valence-electron chi connectivity index (χ0n) is 11.2. The first kappa shape index (κ1) is 14.5. The minimum absolute atomic E-state index is 0.0194. The van der Waals surface area contributed by atoms with Crippen LogP contribution in [0.2, 0.25) is 0 Å². The van der Waals surface area contributed by atoms with Crippen molar-refractivity contribution in [1.29, 1.82) is 0 Å². The van der Waals surface area contributed by atoms with Gasteiger partial charge in [0.15, 0.2) is 0 Å². The van der Waals surface area contributed by atoms with Gasteiger partial charge in [0.1, 0.15) is 0 Å². The van der Waals surface area contributed by atoms with Crippen molar-refractivity contribution in [1.82, 2.24) is 4.98 Å². The van der Waals surface area contributed by atoms with Gasteiger partial charge in [0.25, 0.3) is 0 Å². The first-order chi connectivity index (χ1) is 9.67. The summed E-state index contributed by atoms with van der Waals surface area (Å²) in [4.78, 5) is 15.4. The third kappa shape index (κ3) is 4.35. The molecule has 0 unspecified atom stereocenters. The van der Waals surface area contributed by atoms with Crippen molar-refractivity contribution in [2.75, 3.05) is 10.6 Å². The van der Waals surface area contributed by atoms with Gasteiger partial charge in [-0.15, -0.1) is 0 Å². The van der Waals surface area contributed by atoms with E-state index in [0.29, 0.717) is 13.0 Å². The third-order valence-corrected chi connectivity index (χ3v) is 3.18. The molecule has 2 N–H and O–H groups in total. The number of benzene rings is 1. The van der Waals surface area contributed by atoms with Crippen LogP contribution in [0, 0.1) is 0 Å². The van der Waals surface area contributed by atoms with E-state index in [4.69, 9.17) is 0 Å². The van der Waals surface area contributed by atoms with E-state index in [0.717, 1.165) is 21.4 Å². The van der Waals surface area contributed by atoms with Crippen LogP contribution in [-0.2, 0) is 11.3 Å². The van der Waals surface area contributed by atoms with Crippen LogP contribution >= 0.6 is 15.9 Å². The number of carbonyl (C=O) groups excluding carboxylic acids is 1. The van der Waals surface area contributed by atoms with Gasteiger partial charge in [-0.05, 0) is 51.8 Å². The average molecular weight is 334 g/mol. The summed E-state index contributed by atoms with van der Waals surface area (Å²) >= 11 is 3.40. The minimum Gasteiger partial charge on any atom is -0.381 e. The molecule has 20 heavy (non-hydrogen) atoms. The van der Waals surface area contributed by atoms with E-state index in [-0.39, 0.29) is 5.91 Å². The van der Waals surface area contributed by atoms with Gasteiger partial charge in [0, 0.05) is 41.2 Å². The Bertz CT molecular complexity index is 584. The fourth-order valence-electron chi connectivity index (χ4n) is 1.68. The van der Waals surface area contributed by atoms with E-state index < -0.39 is 0 Å². The highest BCUT2D eigenvalue weighted by molar-refractivity contribution is 9.10. The van der Waals surface area contributed by atoms with Gasteiger partial charge in [-0.2, -0.15) is 0 Å². The molecule has 2 aromatic rings. The number of nitrogens with zero attached hydrogens (tertiary/aromatic N) is 1. The molecular weight excluding hydrogens is 318 g/mol. The topological polar surface area (TPSA) is 54.0 Å². The largest absolute Gasteiger partial charge is 0.381 e. The smallest absolute Gasteiger partial charge is 0.224 e. The summed E-state index contributed by atoms with van der Waals surface area (Å²) in [6.45, 7) is 2.53. The molecule has 0 saturated heterocycles. The van der Waals surface area contributed by atoms with Crippen LogP contribution in [0.25, 0.3) is 0 Å². The number of pyridine rings is 1. The Morgan fingerprint density at radius 3 is 2.55 bits per heavy atom. The van der Waals surface area contributed by atoms with Gasteiger partial charge in [-0.25, -0.2) is 0 Å². The van der Waals surface area contributed by atoms with Gasteiger partial charge in [0.05, 0.1) is 0 Å². The van der Waals surface area contributed by atoms with Gasteiger partial charge in [0.2, 0.25) is 5.91 Å². The Morgan fingerprint density at radius 2 is 1.90 bits per heavy atom. The Balaban J connectivity index is 1.92. The number of amides is 1. The van der Waals surface area contributed by atoms with Crippen molar-refractivity contribution in [3.63, 3.8) is 0 Å². The summed E-state index contributed by atoms with van der Waals surface area (Å²) in [7, 11) is 0. The zero-order chi connectivity index (χ0) is 14.4. The summed E-state index contributed by atoms with van der Waals surface area (Å²) in [5.74, 6) is 0.0194. The number of anilines is 2. The maximum atomic E-state index is 11.3. The first-order valence-corrected chi connectivity index (χ1v) is 7.20. The molecule has 5 heteroatoms. The van der Waals surface area contributed by atoms with Gasteiger partial charge >= 0.3 is 0 Å². The quantitative estimate of drug-likeness (QED) is 0.874.